The topological polar surface area (TPSA) is 93.3 Å². The zero-order valence-corrected chi connectivity index (χ0v) is 15.2. The molecule has 1 aromatic carbocycles. The van der Waals surface area contributed by atoms with Gasteiger partial charge in [-0.1, -0.05) is 18.2 Å². The van der Waals surface area contributed by atoms with Crippen molar-refractivity contribution >= 4 is 11.9 Å². The van der Waals surface area contributed by atoms with E-state index < -0.39 is 5.97 Å². The van der Waals surface area contributed by atoms with Gasteiger partial charge in [-0.15, -0.1) is 0 Å². The smallest absolute Gasteiger partial charge is 0.354 e. The summed E-state index contributed by atoms with van der Waals surface area (Å²) in [6.07, 6.45) is 3.62. The third-order valence-corrected chi connectivity index (χ3v) is 4.20. The highest BCUT2D eigenvalue weighted by molar-refractivity contribution is 5.95. The maximum atomic E-state index is 12.9. The number of carboxylic acid groups (broad SMARTS) is 1. The third-order valence-electron chi connectivity index (χ3n) is 4.20. The normalized spacial score (nSPS) is 10.7. The molecule has 0 spiro atoms. The van der Waals surface area contributed by atoms with Crippen molar-refractivity contribution in [2.75, 3.05) is 6.54 Å². The lowest BCUT2D eigenvalue weighted by molar-refractivity contribution is 0.0686. The van der Waals surface area contributed by atoms with Crippen molar-refractivity contribution in [3.05, 3.63) is 65.7 Å². The monoisotopic (exact) mass is 367 g/mol. The molecule has 2 aromatic heterocycles. The van der Waals surface area contributed by atoms with E-state index >= 15 is 0 Å². The Kier molecular flexibility index (Phi) is 5.35. The first kappa shape index (κ1) is 18.4. The Labute approximate surface area is 156 Å². The second kappa shape index (κ2) is 7.86. The number of aromatic carboxylic acids is 1. The second-order valence-corrected chi connectivity index (χ2v) is 5.99. The molecule has 2 heterocycles. The summed E-state index contributed by atoms with van der Waals surface area (Å²) in [5.74, 6) is -1.46. The molecule has 3 aromatic rings. The summed E-state index contributed by atoms with van der Waals surface area (Å²) in [5, 5.41) is 18.0. The number of aryl methyl sites for hydroxylation is 1. The van der Waals surface area contributed by atoms with E-state index in [1.807, 2.05) is 26.1 Å². The number of carbonyl (C=O) groups is 2. The molecule has 0 atom stereocenters. The van der Waals surface area contributed by atoms with Crippen LogP contribution in [0.1, 0.15) is 40.4 Å². The Bertz CT molecular complexity index is 945. The van der Waals surface area contributed by atoms with E-state index in [0.717, 1.165) is 12.1 Å². The average molecular weight is 367 g/mol. The van der Waals surface area contributed by atoms with Crippen molar-refractivity contribution in [2.45, 2.75) is 26.9 Å². The number of amides is 1. The summed E-state index contributed by atoms with van der Waals surface area (Å²) >= 11 is 0. The Balaban J connectivity index is 1.89. The van der Waals surface area contributed by atoms with E-state index in [1.54, 1.807) is 40.0 Å². The Morgan fingerprint density at radius 3 is 2.52 bits per heavy atom. The molecule has 0 radical (unpaired) electrons. The van der Waals surface area contributed by atoms with Crippen LogP contribution in [-0.2, 0) is 13.1 Å². The molecule has 140 valence electrons. The summed E-state index contributed by atoms with van der Waals surface area (Å²) in [5.41, 5.74) is 1.54. The lowest BCUT2D eigenvalue weighted by atomic mass is 10.2. The average Bonchev–Trinajstić information content (AvgIpc) is 3.33. The maximum Gasteiger partial charge on any atom is 0.354 e. The van der Waals surface area contributed by atoms with Crippen molar-refractivity contribution in [2.24, 2.45) is 0 Å². The molecule has 0 unspecified atom stereocenters. The standard InChI is InChI=1S/C19H21N5O3/c1-3-22(12-14-11-20-23(4-2)13-14)18(25)16-10-17(19(26)27)24(21-16)15-8-6-5-7-9-15/h5-11,13H,3-4,12H2,1-2H3,(H,26,27). The molecule has 0 saturated heterocycles. The molecule has 8 nitrogen and oxygen atoms in total. The predicted octanol–water partition coefficient (Wildman–Crippen LogP) is 2.45. The van der Waals surface area contributed by atoms with Gasteiger partial charge >= 0.3 is 5.97 Å². The van der Waals surface area contributed by atoms with Crippen LogP contribution in [0.2, 0.25) is 0 Å². The van der Waals surface area contributed by atoms with Crippen LogP contribution in [0.5, 0.6) is 0 Å². The second-order valence-electron chi connectivity index (χ2n) is 5.99. The predicted molar refractivity (Wildman–Crippen MR) is 98.8 cm³/mol. The van der Waals surface area contributed by atoms with E-state index in [0.29, 0.717) is 18.8 Å². The summed E-state index contributed by atoms with van der Waals surface area (Å²) < 4.78 is 3.07. The van der Waals surface area contributed by atoms with Gasteiger partial charge in [0.05, 0.1) is 11.9 Å². The van der Waals surface area contributed by atoms with Crippen LogP contribution in [-0.4, -0.2) is 48.0 Å². The first-order valence-electron chi connectivity index (χ1n) is 8.72. The molecule has 3 rings (SSSR count). The number of carboxylic acids is 1. The molecule has 0 fully saturated rings. The SMILES string of the molecule is CCN(Cc1cnn(CC)c1)C(=O)c1cc(C(=O)O)n(-c2ccccc2)n1. The van der Waals surface area contributed by atoms with Gasteiger partial charge in [0.1, 0.15) is 0 Å². The lowest BCUT2D eigenvalue weighted by Gasteiger charge is -2.18. The number of rotatable bonds is 7. The van der Waals surface area contributed by atoms with Gasteiger partial charge in [-0.05, 0) is 26.0 Å². The number of aromatic nitrogens is 4. The minimum atomic E-state index is -1.14. The highest BCUT2D eigenvalue weighted by Crippen LogP contribution is 2.15. The fraction of sp³-hybridized carbons (Fsp3) is 0.263. The fourth-order valence-corrected chi connectivity index (χ4v) is 2.77. The molecule has 0 aliphatic carbocycles. The van der Waals surface area contributed by atoms with E-state index in [2.05, 4.69) is 10.2 Å². The van der Waals surface area contributed by atoms with Gasteiger partial charge in [-0.25, -0.2) is 9.48 Å². The first-order valence-corrected chi connectivity index (χ1v) is 8.72. The number of hydrogen-bond acceptors (Lipinski definition) is 4. The zero-order valence-electron chi connectivity index (χ0n) is 15.2. The molecular weight excluding hydrogens is 346 g/mol. The number of nitrogens with zero attached hydrogens (tertiary/aromatic N) is 5. The Morgan fingerprint density at radius 2 is 1.93 bits per heavy atom. The molecule has 1 N–H and O–H groups in total. The highest BCUT2D eigenvalue weighted by atomic mass is 16.4. The minimum absolute atomic E-state index is 0.0561. The highest BCUT2D eigenvalue weighted by Gasteiger charge is 2.23. The molecule has 0 bridgehead atoms. The van der Waals surface area contributed by atoms with Crippen LogP contribution < -0.4 is 0 Å². The van der Waals surface area contributed by atoms with Crippen LogP contribution in [0.15, 0.2) is 48.8 Å². The van der Waals surface area contributed by atoms with Gasteiger partial charge in [0.25, 0.3) is 5.91 Å². The van der Waals surface area contributed by atoms with Crippen molar-refractivity contribution in [1.29, 1.82) is 0 Å². The zero-order chi connectivity index (χ0) is 19.4. The summed E-state index contributed by atoms with van der Waals surface area (Å²) in [6.45, 7) is 5.47. The molecule has 1 amide bonds. The third kappa shape index (κ3) is 3.89. The first-order chi connectivity index (χ1) is 13.0. The van der Waals surface area contributed by atoms with E-state index in [-0.39, 0.29) is 17.3 Å². The minimum Gasteiger partial charge on any atom is -0.477 e. The molecular formula is C19H21N5O3. The number of hydrogen-bond donors (Lipinski definition) is 1. The number of para-hydroxylation sites is 1. The number of carbonyl (C=O) groups excluding carboxylic acids is 1. The van der Waals surface area contributed by atoms with Crippen LogP contribution in [0.4, 0.5) is 0 Å². The van der Waals surface area contributed by atoms with Gasteiger partial charge in [0, 0.05) is 37.5 Å². The van der Waals surface area contributed by atoms with Gasteiger partial charge < -0.3 is 10.0 Å². The van der Waals surface area contributed by atoms with Crippen molar-refractivity contribution < 1.29 is 14.7 Å². The van der Waals surface area contributed by atoms with Crippen LogP contribution in [0.3, 0.4) is 0 Å². The fourth-order valence-electron chi connectivity index (χ4n) is 2.77. The van der Waals surface area contributed by atoms with Gasteiger partial charge in [-0.3, -0.25) is 9.48 Å². The number of benzene rings is 1. The summed E-state index contributed by atoms with van der Waals surface area (Å²) in [4.78, 5) is 26.1. The quantitative estimate of drug-likeness (QED) is 0.692. The summed E-state index contributed by atoms with van der Waals surface area (Å²) in [7, 11) is 0. The lowest BCUT2D eigenvalue weighted by Crippen LogP contribution is -2.30. The van der Waals surface area contributed by atoms with Crippen molar-refractivity contribution in [1.82, 2.24) is 24.5 Å². The molecule has 27 heavy (non-hydrogen) atoms. The Morgan fingerprint density at radius 1 is 1.19 bits per heavy atom. The van der Waals surface area contributed by atoms with Gasteiger partial charge in [0.15, 0.2) is 11.4 Å². The van der Waals surface area contributed by atoms with E-state index in [9.17, 15) is 14.7 Å². The van der Waals surface area contributed by atoms with E-state index in [1.165, 1.54) is 10.7 Å². The maximum absolute atomic E-state index is 12.9. The largest absolute Gasteiger partial charge is 0.477 e. The van der Waals surface area contributed by atoms with Gasteiger partial charge in [-0.2, -0.15) is 10.2 Å². The van der Waals surface area contributed by atoms with Gasteiger partial charge in [0.2, 0.25) is 0 Å². The van der Waals surface area contributed by atoms with Crippen LogP contribution in [0.25, 0.3) is 5.69 Å². The van der Waals surface area contributed by atoms with Crippen LogP contribution >= 0.6 is 0 Å². The Hall–Kier alpha value is -3.42. The van der Waals surface area contributed by atoms with Crippen molar-refractivity contribution in [3.8, 4) is 5.69 Å². The van der Waals surface area contributed by atoms with Crippen molar-refractivity contribution in [3.63, 3.8) is 0 Å². The molecule has 0 aliphatic rings. The van der Waals surface area contributed by atoms with E-state index in [4.69, 9.17) is 0 Å². The molecule has 0 saturated carbocycles. The van der Waals surface area contributed by atoms with Crippen LogP contribution in [0, 0.1) is 0 Å². The summed E-state index contributed by atoms with van der Waals surface area (Å²) in [6, 6.07) is 10.2. The molecule has 8 heteroatoms. The molecule has 0 aliphatic heterocycles.